The van der Waals surface area contributed by atoms with Crippen LogP contribution in [0.25, 0.3) is 11.0 Å². The Bertz CT molecular complexity index is 1400. The van der Waals surface area contributed by atoms with Gasteiger partial charge < -0.3 is 4.42 Å². The van der Waals surface area contributed by atoms with E-state index in [2.05, 4.69) is 25.8 Å². The Hall–Kier alpha value is -3.44. The van der Waals surface area contributed by atoms with Crippen molar-refractivity contribution in [1.82, 2.24) is 4.98 Å². The Morgan fingerprint density at radius 3 is 2.41 bits per heavy atom. The highest BCUT2D eigenvalue weighted by Crippen LogP contribution is 2.41. The quantitative estimate of drug-likeness (QED) is 0.386. The number of anilines is 1. The third-order valence-electron chi connectivity index (χ3n) is 5.82. The van der Waals surface area contributed by atoms with Gasteiger partial charge in [0.05, 0.1) is 17.0 Å². The summed E-state index contributed by atoms with van der Waals surface area (Å²) in [5.74, 6) is 0.105. The summed E-state index contributed by atoms with van der Waals surface area (Å²) in [5.41, 5.74) is 2.32. The molecule has 0 bridgehead atoms. The molecular weight excluding hydrogens is 424 g/mol. The molecule has 5 rings (SSSR count). The fourth-order valence-electron chi connectivity index (χ4n) is 4.16. The minimum Gasteiger partial charge on any atom is -0.450 e. The maximum absolute atomic E-state index is 13.6. The van der Waals surface area contributed by atoms with Gasteiger partial charge in [0.2, 0.25) is 5.76 Å². The minimum absolute atomic E-state index is 0.0193. The van der Waals surface area contributed by atoms with Crippen LogP contribution in [0.1, 0.15) is 54.1 Å². The highest BCUT2D eigenvalue weighted by molar-refractivity contribution is 6.31. The molecule has 4 aromatic rings. The first-order valence-corrected chi connectivity index (χ1v) is 10.7. The van der Waals surface area contributed by atoms with E-state index in [1.165, 1.54) is 4.90 Å². The van der Waals surface area contributed by atoms with Gasteiger partial charge in [0.15, 0.2) is 5.43 Å². The van der Waals surface area contributed by atoms with Crippen molar-refractivity contribution in [3.8, 4) is 0 Å². The standard InChI is InChI=1S/C26H21ClN2O3/c1-26(2,3)16-9-7-15(8-10-16)22-21-23(30)18-14-17(27)11-12-19(18)32-24(21)25(31)29(22)20-6-4-5-13-28-20/h4-14,22H,1-3H3/t22-/m0/s1. The molecule has 6 heteroatoms. The molecule has 0 saturated carbocycles. The number of nitrogens with zero attached hydrogens (tertiary/aromatic N) is 2. The van der Waals surface area contributed by atoms with Crippen molar-refractivity contribution in [1.29, 1.82) is 0 Å². The number of pyridine rings is 1. The molecule has 0 radical (unpaired) electrons. The fourth-order valence-corrected chi connectivity index (χ4v) is 4.33. The molecule has 2 aromatic carbocycles. The highest BCUT2D eigenvalue weighted by Gasteiger charge is 2.44. The Kier molecular flexibility index (Phi) is 4.68. The van der Waals surface area contributed by atoms with E-state index in [4.69, 9.17) is 16.0 Å². The largest absolute Gasteiger partial charge is 0.450 e. The van der Waals surface area contributed by atoms with Crippen LogP contribution in [0.3, 0.4) is 0 Å². The average Bonchev–Trinajstić information content (AvgIpc) is 3.07. The monoisotopic (exact) mass is 444 g/mol. The molecule has 0 saturated heterocycles. The van der Waals surface area contributed by atoms with Gasteiger partial charge in [-0.25, -0.2) is 4.98 Å². The smallest absolute Gasteiger partial charge is 0.296 e. The zero-order chi connectivity index (χ0) is 22.6. The van der Waals surface area contributed by atoms with Crippen molar-refractivity contribution in [3.05, 3.63) is 105 Å². The van der Waals surface area contributed by atoms with Crippen LogP contribution in [-0.4, -0.2) is 10.9 Å². The van der Waals surface area contributed by atoms with Gasteiger partial charge in [0, 0.05) is 11.2 Å². The van der Waals surface area contributed by atoms with Crippen LogP contribution in [0, 0.1) is 0 Å². The Balaban J connectivity index is 1.77. The molecule has 0 aliphatic carbocycles. The van der Waals surface area contributed by atoms with Crippen molar-refractivity contribution in [2.45, 2.75) is 32.2 Å². The van der Waals surface area contributed by atoms with Gasteiger partial charge in [0.1, 0.15) is 11.4 Å². The predicted octanol–water partition coefficient (Wildman–Crippen LogP) is 5.89. The zero-order valence-electron chi connectivity index (χ0n) is 17.9. The number of carbonyl (C=O) groups excluding carboxylic acids is 1. The van der Waals surface area contributed by atoms with Crippen LogP contribution in [0.5, 0.6) is 0 Å². The maximum Gasteiger partial charge on any atom is 0.296 e. The van der Waals surface area contributed by atoms with Gasteiger partial charge in [-0.15, -0.1) is 0 Å². The maximum atomic E-state index is 13.6. The summed E-state index contributed by atoms with van der Waals surface area (Å²) in [7, 11) is 0. The molecule has 0 N–H and O–H groups in total. The molecule has 1 atom stereocenters. The lowest BCUT2D eigenvalue weighted by atomic mass is 9.86. The van der Waals surface area contributed by atoms with Gasteiger partial charge >= 0.3 is 0 Å². The SMILES string of the molecule is CC(C)(C)c1ccc([C@H]2c3c(oc4ccc(Cl)cc4c3=O)C(=O)N2c2ccccn2)cc1. The minimum atomic E-state index is -0.652. The number of benzene rings is 2. The molecule has 0 fully saturated rings. The molecular formula is C26H21ClN2O3. The van der Waals surface area contributed by atoms with E-state index in [0.29, 0.717) is 27.4 Å². The van der Waals surface area contributed by atoms with Crippen LogP contribution >= 0.6 is 11.6 Å². The first-order valence-electron chi connectivity index (χ1n) is 10.4. The Morgan fingerprint density at radius 1 is 1.00 bits per heavy atom. The summed E-state index contributed by atoms with van der Waals surface area (Å²) >= 11 is 6.14. The molecule has 160 valence electrons. The molecule has 32 heavy (non-hydrogen) atoms. The van der Waals surface area contributed by atoms with Gasteiger partial charge in [-0.05, 0) is 46.9 Å². The van der Waals surface area contributed by atoms with Crippen LogP contribution in [0.4, 0.5) is 5.82 Å². The van der Waals surface area contributed by atoms with Crippen molar-refractivity contribution in [3.63, 3.8) is 0 Å². The highest BCUT2D eigenvalue weighted by atomic mass is 35.5. The van der Waals surface area contributed by atoms with E-state index < -0.39 is 11.9 Å². The topological polar surface area (TPSA) is 63.4 Å². The molecule has 1 amide bonds. The molecule has 1 aliphatic rings. The third-order valence-corrected chi connectivity index (χ3v) is 6.06. The molecule has 2 aromatic heterocycles. The summed E-state index contributed by atoms with van der Waals surface area (Å²) in [6.45, 7) is 6.42. The van der Waals surface area contributed by atoms with E-state index in [-0.39, 0.29) is 16.6 Å². The summed E-state index contributed by atoms with van der Waals surface area (Å²) < 4.78 is 5.96. The molecule has 0 spiro atoms. The summed E-state index contributed by atoms with van der Waals surface area (Å²) in [6.07, 6.45) is 1.62. The number of hydrogen-bond acceptors (Lipinski definition) is 4. The number of carbonyl (C=O) groups is 1. The van der Waals surface area contributed by atoms with E-state index in [1.807, 2.05) is 30.3 Å². The number of aromatic nitrogens is 1. The summed E-state index contributed by atoms with van der Waals surface area (Å²) in [5, 5.41) is 0.782. The Morgan fingerprint density at radius 2 is 1.75 bits per heavy atom. The molecule has 0 unspecified atom stereocenters. The van der Waals surface area contributed by atoms with E-state index in [0.717, 1.165) is 11.1 Å². The second kappa shape index (κ2) is 7.31. The predicted molar refractivity (Wildman–Crippen MR) is 126 cm³/mol. The van der Waals surface area contributed by atoms with E-state index >= 15 is 0 Å². The average molecular weight is 445 g/mol. The second-order valence-electron chi connectivity index (χ2n) is 8.95. The number of rotatable bonds is 2. The van der Waals surface area contributed by atoms with Gasteiger partial charge in [-0.2, -0.15) is 0 Å². The van der Waals surface area contributed by atoms with Crippen molar-refractivity contribution in [2.75, 3.05) is 4.90 Å². The lowest BCUT2D eigenvalue weighted by molar-refractivity contribution is 0.0970. The van der Waals surface area contributed by atoms with Crippen LogP contribution in [0.2, 0.25) is 5.02 Å². The lowest BCUT2D eigenvalue weighted by Gasteiger charge is -2.25. The Labute approximate surface area is 190 Å². The van der Waals surface area contributed by atoms with Gasteiger partial charge in [-0.1, -0.05) is 62.7 Å². The molecule has 1 aliphatic heterocycles. The third kappa shape index (κ3) is 3.21. The summed E-state index contributed by atoms with van der Waals surface area (Å²) in [6, 6.07) is 17.5. The molecule has 3 heterocycles. The van der Waals surface area contributed by atoms with E-state index in [9.17, 15) is 9.59 Å². The molecule has 5 nitrogen and oxygen atoms in total. The normalized spacial score (nSPS) is 15.9. The lowest BCUT2D eigenvalue weighted by Crippen LogP contribution is -2.30. The van der Waals surface area contributed by atoms with Crippen LogP contribution in [-0.2, 0) is 5.41 Å². The number of halogens is 1. The van der Waals surface area contributed by atoms with Crippen molar-refractivity contribution in [2.24, 2.45) is 0 Å². The first-order chi connectivity index (χ1) is 15.3. The number of hydrogen-bond donors (Lipinski definition) is 0. The van der Waals surface area contributed by atoms with E-state index in [1.54, 1.807) is 36.5 Å². The van der Waals surface area contributed by atoms with Gasteiger partial charge in [0.25, 0.3) is 5.91 Å². The van der Waals surface area contributed by atoms with Crippen LogP contribution < -0.4 is 10.3 Å². The van der Waals surface area contributed by atoms with Crippen molar-refractivity contribution >= 4 is 34.3 Å². The fraction of sp³-hybridized carbons (Fsp3) is 0.192. The summed E-state index contributed by atoms with van der Waals surface area (Å²) in [4.78, 5) is 33.0. The second-order valence-corrected chi connectivity index (χ2v) is 9.39. The van der Waals surface area contributed by atoms with Gasteiger partial charge in [-0.3, -0.25) is 14.5 Å². The van der Waals surface area contributed by atoms with Crippen LogP contribution in [0.15, 0.2) is 76.1 Å². The van der Waals surface area contributed by atoms with Crippen molar-refractivity contribution < 1.29 is 9.21 Å². The first kappa shape index (κ1) is 20.5. The zero-order valence-corrected chi connectivity index (χ0v) is 18.7. The number of fused-ring (bicyclic) bond motifs is 2. The number of amides is 1.